The molecule has 0 bridgehead atoms. The maximum atomic E-state index is 9.85. The van der Waals surface area contributed by atoms with E-state index < -0.39 is 0 Å². The van der Waals surface area contributed by atoms with Gasteiger partial charge in [-0.3, -0.25) is 9.88 Å². The summed E-state index contributed by atoms with van der Waals surface area (Å²) in [6.07, 6.45) is 3.59. The highest BCUT2D eigenvalue weighted by Crippen LogP contribution is 2.22. The Labute approximate surface area is 113 Å². The lowest BCUT2D eigenvalue weighted by atomic mass is 10.1. The number of phenols is 1. The van der Waals surface area contributed by atoms with E-state index in [4.69, 9.17) is 5.73 Å². The molecule has 0 saturated heterocycles. The summed E-state index contributed by atoms with van der Waals surface area (Å²) in [5.74, 6) is 0.294. The minimum Gasteiger partial charge on any atom is -0.508 e. The normalized spacial score (nSPS) is 10.8. The first-order valence-electron chi connectivity index (χ1n) is 6.37. The number of rotatable bonds is 5. The lowest BCUT2D eigenvalue weighted by Gasteiger charge is -2.21. The third kappa shape index (κ3) is 3.69. The Hall–Kier alpha value is -2.07. The summed E-state index contributed by atoms with van der Waals surface area (Å²) in [7, 11) is 0. The van der Waals surface area contributed by atoms with Crippen LogP contribution < -0.4 is 5.73 Å². The molecule has 0 fully saturated rings. The number of pyridine rings is 1. The molecule has 0 unspecified atom stereocenters. The molecule has 3 N–H and O–H groups in total. The number of hydrogen-bond donors (Lipinski definition) is 2. The summed E-state index contributed by atoms with van der Waals surface area (Å²) in [6, 6.07) is 9.18. The van der Waals surface area contributed by atoms with Crippen LogP contribution in [0.2, 0.25) is 0 Å². The maximum absolute atomic E-state index is 9.85. The van der Waals surface area contributed by atoms with Crippen molar-refractivity contribution in [3.63, 3.8) is 0 Å². The number of nitrogens with two attached hydrogens (primary N) is 1. The van der Waals surface area contributed by atoms with Gasteiger partial charge in [0.15, 0.2) is 0 Å². The van der Waals surface area contributed by atoms with Crippen molar-refractivity contribution < 1.29 is 5.11 Å². The number of phenolic OH excluding ortho intramolecular Hbond substituents is 1. The van der Waals surface area contributed by atoms with Crippen LogP contribution in [0.1, 0.15) is 18.1 Å². The van der Waals surface area contributed by atoms with Gasteiger partial charge in [-0.25, -0.2) is 0 Å². The fraction of sp³-hybridized carbons (Fsp3) is 0.267. The fourth-order valence-electron chi connectivity index (χ4n) is 2.00. The number of nitrogen functional groups attached to an aromatic ring is 1. The number of nitrogens with zero attached hydrogens (tertiary/aromatic N) is 2. The molecular weight excluding hydrogens is 238 g/mol. The van der Waals surface area contributed by atoms with Crippen LogP contribution in [0.3, 0.4) is 0 Å². The molecule has 2 aromatic rings. The standard InChI is InChI=1S/C15H19N3O/c1-2-18(10-12-5-7-17-8-6-12)11-13-9-14(16)3-4-15(13)19/h3-9,19H,2,10-11,16H2,1H3. The molecule has 4 heteroatoms. The Morgan fingerprint density at radius 1 is 1.16 bits per heavy atom. The summed E-state index contributed by atoms with van der Waals surface area (Å²) in [5.41, 5.74) is 8.50. The molecule has 0 aliphatic rings. The zero-order valence-electron chi connectivity index (χ0n) is 11.1. The van der Waals surface area contributed by atoms with Crippen molar-refractivity contribution in [3.8, 4) is 5.75 Å². The van der Waals surface area contributed by atoms with Gasteiger partial charge in [-0.15, -0.1) is 0 Å². The number of benzene rings is 1. The van der Waals surface area contributed by atoms with E-state index in [0.717, 1.165) is 18.7 Å². The quantitative estimate of drug-likeness (QED) is 0.637. The van der Waals surface area contributed by atoms with Crippen molar-refractivity contribution in [2.24, 2.45) is 0 Å². The fourth-order valence-corrected chi connectivity index (χ4v) is 2.00. The predicted octanol–water partition coefficient (Wildman–Crippen LogP) is 2.39. The predicted molar refractivity (Wildman–Crippen MR) is 76.5 cm³/mol. The number of anilines is 1. The molecule has 4 nitrogen and oxygen atoms in total. The van der Waals surface area contributed by atoms with E-state index in [9.17, 15) is 5.11 Å². The number of aromatic nitrogens is 1. The van der Waals surface area contributed by atoms with Crippen molar-refractivity contribution in [1.82, 2.24) is 9.88 Å². The van der Waals surface area contributed by atoms with Crippen molar-refractivity contribution in [1.29, 1.82) is 0 Å². The van der Waals surface area contributed by atoms with E-state index in [1.165, 1.54) is 5.56 Å². The molecule has 0 saturated carbocycles. The lowest BCUT2D eigenvalue weighted by Crippen LogP contribution is -2.22. The smallest absolute Gasteiger partial charge is 0.120 e. The molecule has 0 aliphatic carbocycles. The largest absolute Gasteiger partial charge is 0.508 e. The van der Waals surface area contributed by atoms with Gasteiger partial charge in [-0.05, 0) is 42.4 Å². The third-order valence-electron chi connectivity index (χ3n) is 3.10. The monoisotopic (exact) mass is 257 g/mol. The van der Waals surface area contributed by atoms with Gasteiger partial charge < -0.3 is 10.8 Å². The Bertz CT molecular complexity index is 528. The highest BCUT2D eigenvalue weighted by molar-refractivity contribution is 5.47. The van der Waals surface area contributed by atoms with E-state index in [2.05, 4.69) is 16.8 Å². The highest BCUT2D eigenvalue weighted by Gasteiger charge is 2.08. The van der Waals surface area contributed by atoms with Crippen molar-refractivity contribution in [2.45, 2.75) is 20.0 Å². The van der Waals surface area contributed by atoms with E-state index in [1.807, 2.05) is 18.2 Å². The Kier molecular flexibility index (Phi) is 4.36. The maximum Gasteiger partial charge on any atom is 0.120 e. The second-order valence-electron chi connectivity index (χ2n) is 4.55. The van der Waals surface area contributed by atoms with Gasteiger partial charge >= 0.3 is 0 Å². The van der Waals surface area contributed by atoms with Crippen LogP contribution in [-0.4, -0.2) is 21.5 Å². The topological polar surface area (TPSA) is 62.4 Å². The van der Waals surface area contributed by atoms with Gasteiger partial charge in [0.2, 0.25) is 0 Å². The average Bonchev–Trinajstić information content (AvgIpc) is 2.43. The Balaban J connectivity index is 2.09. The van der Waals surface area contributed by atoms with E-state index in [-0.39, 0.29) is 0 Å². The Morgan fingerprint density at radius 3 is 2.58 bits per heavy atom. The van der Waals surface area contributed by atoms with E-state index in [1.54, 1.807) is 24.5 Å². The summed E-state index contributed by atoms with van der Waals surface area (Å²) in [5, 5.41) is 9.85. The van der Waals surface area contributed by atoms with Gasteiger partial charge in [0, 0.05) is 36.7 Å². The van der Waals surface area contributed by atoms with Crippen LogP contribution >= 0.6 is 0 Å². The SMILES string of the molecule is CCN(Cc1ccncc1)Cc1cc(N)ccc1O. The molecule has 1 aromatic heterocycles. The van der Waals surface area contributed by atoms with Crippen LogP contribution in [-0.2, 0) is 13.1 Å². The first kappa shape index (κ1) is 13.4. The first-order chi connectivity index (χ1) is 9.19. The molecular formula is C15H19N3O. The number of aromatic hydroxyl groups is 1. The van der Waals surface area contributed by atoms with E-state index in [0.29, 0.717) is 18.0 Å². The van der Waals surface area contributed by atoms with Crippen molar-refractivity contribution in [2.75, 3.05) is 12.3 Å². The summed E-state index contributed by atoms with van der Waals surface area (Å²) >= 11 is 0. The molecule has 0 amide bonds. The molecule has 2 rings (SSSR count). The van der Waals surface area contributed by atoms with Crippen LogP contribution in [0.15, 0.2) is 42.7 Å². The van der Waals surface area contributed by atoms with Crippen LogP contribution in [0.25, 0.3) is 0 Å². The van der Waals surface area contributed by atoms with E-state index >= 15 is 0 Å². The molecule has 0 atom stereocenters. The van der Waals surface area contributed by atoms with Crippen LogP contribution in [0.4, 0.5) is 5.69 Å². The summed E-state index contributed by atoms with van der Waals surface area (Å²) in [4.78, 5) is 6.25. The molecule has 19 heavy (non-hydrogen) atoms. The summed E-state index contributed by atoms with van der Waals surface area (Å²) in [6.45, 7) is 4.50. The zero-order chi connectivity index (χ0) is 13.7. The molecule has 1 aromatic carbocycles. The lowest BCUT2D eigenvalue weighted by molar-refractivity contribution is 0.267. The van der Waals surface area contributed by atoms with Crippen LogP contribution in [0.5, 0.6) is 5.75 Å². The Morgan fingerprint density at radius 2 is 1.89 bits per heavy atom. The highest BCUT2D eigenvalue weighted by atomic mass is 16.3. The van der Waals surface area contributed by atoms with Gasteiger partial charge in [-0.2, -0.15) is 0 Å². The summed E-state index contributed by atoms with van der Waals surface area (Å²) < 4.78 is 0. The third-order valence-corrected chi connectivity index (χ3v) is 3.10. The molecule has 0 spiro atoms. The van der Waals surface area contributed by atoms with Gasteiger partial charge in [0.25, 0.3) is 0 Å². The van der Waals surface area contributed by atoms with Gasteiger partial charge in [0.05, 0.1) is 0 Å². The van der Waals surface area contributed by atoms with Crippen LogP contribution in [0, 0.1) is 0 Å². The number of hydrogen-bond acceptors (Lipinski definition) is 4. The molecule has 0 radical (unpaired) electrons. The average molecular weight is 257 g/mol. The molecule has 1 heterocycles. The van der Waals surface area contributed by atoms with Crippen molar-refractivity contribution in [3.05, 3.63) is 53.9 Å². The van der Waals surface area contributed by atoms with Gasteiger partial charge in [0.1, 0.15) is 5.75 Å². The molecule has 100 valence electrons. The minimum atomic E-state index is 0.294. The molecule has 0 aliphatic heterocycles. The zero-order valence-corrected chi connectivity index (χ0v) is 11.1. The minimum absolute atomic E-state index is 0.294. The second kappa shape index (κ2) is 6.20. The first-order valence-corrected chi connectivity index (χ1v) is 6.37. The second-order valence-corrected chi connectivity index (χ2v) is 4.55. The van der Waals surface area contributed by atoms with Crippen molar-refractivity contribution >= 4 is 5.69 Å². The van der Waals surface area contributed by atoms with Gasteiger partial charge in [-0.1, -0.05) is 6.92 Å².